The van der Waals surface area contributed by atoms with Crippen LogP contribution in [-0.4, -0.2) is 51.4 Å². The lowest BCUT2D eigenvalue weighted by Gasteiger charge is -2.32. The van der Waals surface area contributed by atoms with Gasteiger partial charge in [0.25, 0.3) is 0 Å². The largest absolute Gasteiger partial charge is 0.357 e. The van der Waals surface area contributed by atoms with Gasteiger partial charge in [-0.25, -0.2) is 9.97 Å². The van der Waals surface area contributed by atoms with Crippen LogP contribution in [0.3, 0.4) is 0 Å². The number of halogens is 1. The molecule has 7 rings (SSSR count). The van der Waals surface area contributed by atoms with Gasteiger partial charge >= 0.3 is 0 Å². The molecule has 0 spiro atoms. The van der Waals surface area contributed by atoms with Gasteiger partial charge in [-0.05, 0) is 152 Å². The Morgan fingerprint density at radius 3 is 1.82 bits per heavy atom. The van der Waals surface area contributed by atoms with Crippen molar-refractivity contribution >= 4 is 40.6 Å². The van der Waals surface area contributed by atoms with E-state index < -0.39 is 11.8 Å². The lowest BCUT2D eigenvalue weighted by atomic mass is 9.87. The third kappa shape index (κ3) is 11.3. The number of nitrogens with zero attached hydrogens (tertiary/aromatic N) is 6. The van der Waals surface area contributed by atoms with Gasteiger partial charge in [0.05, 0.1) is 11.8 Å². The third-order valence-corrected chi connectivity index (χ3v) is 11.7. The Kier molecular flexibility index (Phi) is 14.2. The van der Waals surface area contributed by atoms with E-state index in [2.05, 4.69) is 76.3 Å². The maximum atomic E-state index is 15.0. The van der Waals surface area contributed by atoms with Crippen LogP contribution in [0, 0.1) is 25.7 Å². The first-order valence-electron chi connectivity index (χ1n) is 21.5. The van der Waals surface area contributed by atoms with E-state index >= 15 is 4.79 Å². The SMILES string of the molecule is Cc1cc(-c2ccc(NC(=O)C(CC(C)CN(C(=O)C(CC(C)C)c3ccc(Cl)nc3)c3ccc(-c4ccnc(C)c4)cc3)c3ccc(N4CCCCC4)nc3)cc2)ccn1. The summed E-state index contributed by atoms with van der Waals surface area (Å²) in [4.78, 5) is 51.7. The standard InChI is InChI=1S/C51H56ClN7O2/c1-34(2)27-47(43-13-19-48(52)55-31-43)51(61)59(45-17-11-39(12-18-45)41-22-24-54-37(5)30-41)33-35(3)28-46(42-14-20-49(56-32-42)58-25-7-6-8-26-58)50(60)57-44-15-9-38(10-16-44)40-21-23-53-36(4)29-40/h9-24,29-32,34-35,46-47H,6-8,25-28,33H2,1-5H3,(H,57,60). The van der Waals surface area contributed by atoms with Crippen LogP contribution in [0.25, 0.3) is 22.3 Å². The summed E-state index contributed by atoms with van der Waals surface area (Å²) in [6.45, 7) is 12.7. The zero-order chi connectivity index (χ0) is 42.9. The number of rotatable bonds is 15. The van der Waals surface area contributed by atoms with Crippen molar-refractivity contribution in [3.05, 3.63) is 150 Å². The molecule has 3 unspecified atom stereocenters. The summed E-state index contributed by atoms with van der Waals surface area (Å²) >= 11 is 6.21. The van der Waals surface area contributed by atoms with Gasteiger partial charge < -0.3 is 15.1 Å². The molecule has 1 aliphatic rings. The first-order valence-corrected chi connectivity index (χ1v) is 21.9. The minimum Gasteiger partial charge on any atom is -0.357 e. The van der Waals surface area contributed by atoms with Gasteiger partial charge in [0.2, 0.25) is 11.8 Å². The van der Waals surface area contributed by atoms with E-state index in [0.717, 1.165) is 82.2 Å². The summed E-state index contributed by atoms with van der Waals surface area (Å²) in [5, 5.41) is 3.60. The molecule has 3 atom stereocenters. The molecular weight excluding hydrogens is 778 g/mol. The predicted octanol–water partition coefficient (Wildman–Crippen LogP) is 11.5. The van der Waals surface area contributed by atoms with Gasteiger partial charge in [-0.3, -0.25) is 19.6 Å². The van der Waals surface area contributed by atoms with E-state index in [4.69, 9.17) is 16.6 Å². The highest BCUT2D eigenvalue weighted by atomic mass is 35.5. The minimum atomic E-state index is -0.526. The molecule has 2 aromatic carbocycles. The molecule has 0 bridgehead atoms. The van der Waals surface area contributed by atoms with Gasteiger partial charge in [-0.2, -0.15) is 0 Å². The summed E-state index contributed by atoms with van der Waals surface area (Å²) in [5.41, 5.74) is 9.27. The van der Waals surface area contributed by atoms with E-state index in [1.165, 1.54) is 6.42 Å². The van der Waals surface area contributed by atoms with Crippen LogP contribution < -0.4 is 15.1 Å². The smallest absolute Gasteiger partial charge is 0.234 e. The Bertz CT molecular complexity index is 2380. The molecule has 5 heterocycles. The van der Waals surface area contributed by atoms with Crippen molar-refractivity contribution in [2.45, 2.75) is 78.6 Å². The summed E-state index contributed by atoms with van der Waals surface area (Å²) in [5.74, 6) is -0.0119. The van der Waals surface area contributed by atoms with E-state index in [9.17, 15) is 4.79 Å². The number of amides is 2. The molecule has 0 radical (unpaired) electrons. The van der Waals surface area contributed by atoms with Crippen LogP contribution in [0.2, 0.25) is 5.15 Å². The van der Waals surface area contributed by atoms with Crippen molar-refractivity contribution in [2.75, 3.05) is 34.8 Å². The fourth-order valence-corrected chi connectivity index (χ4v) is 8.42. The molecule has 9 nitrogen and oxygen atoms in total. The summed E-state index contributed by atoms with van der Waals surface area (Å²) < 4.78 is 0. The van der Waals surface area contributed by atoms with Crippen LogP contribution in [0.15, 0.2) is 122 Å². The van der Waals surface area contributed by atoms with E-state index in [1.54, 1.807) is 12.3 Å². The summed E-state index contributed by atoms with van der Waals surface area (Å²) in [6.07, 6.45) is 11.9. The maximum Gasteiger partial charge on any atom is 0.234 e. The van der Waals surface area contributed by atoms with Gasteiger partial charge in [0.15, 0.2) is 0 Å². The zero-order valence-electron chi connectivity index (χ0n) is 35.9. The van der Waals surface area contributed by atoms with Gasteiger partial charge in [-0.1, -0.05) is 68.8 Å². The van der Waals surface area contributed by atoms with Gasteiger partial charge in [0, 0.05) is 67.2 Å². The molecular formula is C51H56ClN7O2. The number of carbonyl (C=O) groups is 2. The number of carbonyl (C=O) groups excluding carboxylic acids is 2. The molecule has 0 saturated carbocycles. The highest BCUT2D eigenvalue weighted by Crippen LogP contribution is 2.34. The molecule has 0 aliphatic carbocycles. The second kappa shape index (κ2) is 20.1. The number of benzene rings is 2. The van der Waals surface area contributed by atoms with Crippen molar-refractivity contribution in [2.24, 2.45) is 11.8 Å². The summed E-state index contributed by atoms with van der Waals surface area (Å²) in [7, 11) is 0. The number of hydrogen-bond donors (Lipinski definition) is 1. The second-order valence-electron chi connectivity index (χ2n) is 16.9. The van der Waals surface area contributed by atoms with Crippen LogP contribution in [0.1, 0.15) is 87.2 Å². The molecule has 1 fully saturated rings. The molecule has 1 aliphatic heterocycles. The number of piperidine rings is 1. The van der Waals surface area contributed by atoms with E-state index in [0.29, 0.717) is 30.2 Å². The molecule has 314 valence electrons. The van der Waals surface area contributed by atoms with Crippen LogP contribution in [-0.2, 0) is 9.59 Å². The number of hydrogen-bond acceptors (Lipinski definition) is 7. The lowest BCUT2D eigenvalue weighted by molar-refractivity contribution is -0.120. The number of aryl methyl sites for hydroxylation is 2. The molecule has 2 amide bonds. The Balaban J connectivity index is 1.19. The van der Waals surface area contributed by atoms with Crippen molar-refractivity contribution in [1.82, 2.24) is 19.9 Å². The Morgan fingerprint density at radius 2 is 1.26 bits per heavy atom. The molecule has 4 aromatic heterocycles. The molecule has 6 aromatic rings. The topological polar surface area (TPSA) is 104 Å². The maximum absolute atomic E-state index is 15.0. The first kappa shape index (κ1) is 43.2. The quantitative estimate of drug-likeness (QED) is 0.103. The van der Waals surface area contributed by atoms with Gasteiger partial charge in [-0.15, -0.1) is 0 Å². The normalized spacial score (nSPS) is 14.3. The molecule has 61 heavy (non-hydrogen) atoms. The third-order valence-electron chi connectivity index (χ3n) is 11.5. The van der Waals surface area contributed by atoms with Crippen LogP contribution in [0.5, 0.6) is 0 Å². The molecule has 10 heteroatoms. The van der Waals surface area contributed by atoms with Crippen LogP contribution in [0.4, 0.5) is 17.2 Å². The Hall–Kier alpha value is -5.93. The van der Waals surface area contributed by atoms with Gasteiger partial charge in [0.1, 0.15) is 11.0 Å². The fourth-order valence-electron chi connectivity index (χ4n) is 8.31. The monoisotopic (exact) mass is 833 g/mol. The van der Waals surface area contributed by atoms with Crippen molar-refractivity contribution < 1.29 is 9.59 Å². The minimum absolute atomic E-state index is 0.0183. The Morgan fingerprint density at radius 1 is 0.672 bits per heavy atom. The number of pyridine rings is 4. The molecule has 1 saturated heterocycles. The van der Waals surface area contributed by atoms with Crippen molar-refractivity contribution in [3.8, 4) is 22.3 Å². The predicted molar refractivity (Wildman–Crippen MR) is 248 cm³/mol. The van der Waals surface area contributed by atoms with E-state index in [1.807, 2.05) is 98.0 Å². The van der Waals surface area contributed by atoms with Crippen molar-refractivity contribution in [3.63, 3.8) is 0 Å². The highest BCUT2D eigenvalue weighted by molar-refractivity contribution is 6.29. The fraction of sp³-hybridized carbons (Fsp3) is 0.333. The zero-order valence-corrected chi connectivity index (χ0v) is 36.6. The Labute approximate surface area is 365 Å². The molecule has 1 N–H and O–H groups in total. The highest BCUT2D eigenvalue weighted by Gasteiger charge is 2.31. The van der Waals surface area contributed by atoms with E-state index in [-0.39, 0.29) is 23.7 Å². The summed E-state index contributed by atoms with van der Waals surface area (Å²) in [6, 6.07) is 31.9. The lowest BCUT2D eigenvalue weighted by Crippen LogP contribution is -2.39. The number of aromatic nitrogens is 4. The average Bonchev–Trinajstić information content (AvgIpc) is 3.27. The van der Waals surface area contributed by atoms with Crippen LogP contribution >= 0.6 is 11.6 Å². The average molecular weight is 835 g/mol. The number of anilines is 3. The number of nitrogens with one attached hydrogen (secondary N) is 1. The second-order valence-corrected chi connectivity index (χ2v) is 17.3. The van der Waals surface area contributed by atoms with Crippen molar-refractivity contribution in [1.29, 1.82) is 0 Å². The first-order chi connectivity index (χ1) is 29.5.